The van der Waals surface area contributed by atoms with Gasteiger partial charge in [0.25, 0.3) is 23.3 Å². The maximum Gasteiger partial charge on any atom is 0.343 e. The van der Waals surface area contributed by atoms with E-state index >= 15 is 0 Å². The van der Waals surface area contributed by atoms with Crippen molar-refractivity contribution >= 4 is 46.7 Å². The Kier molecular flexibility index (Phi) is 14.7. The molecule has 73 heavy (non-hydrogen) atoms. The largest absolute Gasteiger partial charge is 0.381 e. The van der Waals surface area contributed by atoms with Crippen LogP contribution in [0.4, 0.5) is 21.9 Å². The minimum Gasteiger partial charge on any atom is -0.381 e. The number of piperidine rings is 2. The van der Waals surface area contributed by atoms with Crippen molar-refractivity contribution in [2.75, 3.05) is 99.9 Å². The van der Waals surface area contributed by atoms with Crippen molar-refractivity contribution in [2.45, 2.75) is 91.3 Å². The van der Waals surface area contributed by atoms with Gasteiger partial charge < -0.3 is 34.6 Å². The summed E-state index contributed by atoms with van der Waals surface area (Å²) in [6.45, 7) is 19.1. The number of piperazine rings is 1. The summed E-state index contributed by atoms with van der Waals surface area (Å²) >= 11 is 0. The van der Waals surface area contributed by atoms with Crippen molar-refractivity contribution in [2.24, 2.45) is 5.92 Å². The number of likely N-dealkylation sites (tertiary alicyclic amines) is 1. The van der Waals surface area contributed by atoms with Gasteiger partial charge in [-0.25, -0.2) is 9.80 Å². The third-order valence-electron chi connectivity index (χ3n) is 16.4. The van der Waals surface area contributed by atoms with Crippen LogP contribution in [-0.2, 0) is 16.1 Å². The summed E-state index contributed by atoms with van der Waals surface area (Å²) in [4.78, 5) is 93.6. The lowest BCUT2D eigenvalue weighted by molar-refractivity contribution is -0.122. The average molecular weight is 995 g/mol. The predicted molar refractivity (Wildman–Crippen MR) is 281 cm³/mol. The number of H-pyrrole nitrogens is 1. The van der Waals surface area contributed by atoms with Crippen LogP contribution < -0.4 is 30.9 Å². The first-order valence-corrected chi connectivity index (χ1v) is 26.5. The fraction of sp³-hybridized carbons (Fsp3) is 0.500. The van der Waals surface area contributed by atoms with Gasteiger partial charge in [-0.2, -0.15) is 5.01 Å². The minimum absolute atomic E-state index is 0.0233. The molecule has 6 aliphatic rings. The molecule has 3 aromatic carbocycles. The molecule has 1 aromatic heterocycles. The molecular formula is C56H70N10O7. The number of hydrogen-bond donors (Lipinski definition) is 3. The van der Waals surface area contributed by atoms with E-state index in [2.05, 4.69) is 77.4 Å². The number of nitrogens with zero attached hydrogens (tertiary/aromatic N) is 7. The van der Waals surface area contributed by atoms with Crippen molar-refractivity contribution < 1.29 is 28.7 Å². The summed E-state index contributed by atoms with van der Waals surface area (Å²) < 4.78 is 5.73. The number of hydrazine groups is 1. The van der Waals surface area contributed by atoms with Gasteiger partial charge in [0, 0.05) is 119 Å². The predicted octanol–water partition coefficient (Wildman–Crippen LogP) is 5.86. The molecule has 0 radical (unpaired) electrons. The van der Waals surface area contributed by atoms with Gasteiger partial charge in [-0.15, -0.1) is 0 Å². The molecule has 0 atom stereocenters. The molecule has 5 saturated heterocycles. The zero-order valence-corrected chi connectivity index (χ0v) is 42.8. The normalized spacial score (nSPS) is 19.9. The monoisotopic (exact) mass is 995 g/mol. The summed E-state index contributed by atoms with van der Waals surface area (Å²) in [6, 6.07) is 20.5. The van der Waals surface area contributed by atoms with Crippen molar-refractivity contribution in [3.63, 3.8) is 0 Å². The number of carbonyl (C=O) groups excluding carboxylic acids is 5. The van der Waals surface area contributed by atoms with Gasteiger partial charge >= 0.3 is 6.03 Å². The van der Waals surface area contributed by atoms with Gasteiger partial charge in [-0.1, -0.05) is 18.2 Å². The van der Waals surface area contributed by atoms with Crippen molar-refractivity contribution in [1.82, 2.24) is 35.4 Å². The molecule has 0 aliphatic carbocycles. The number of pyridine rings is 1. The van der Waals surface area contributed by atoms with Gasteiger partial charge in [-0.3, -0.25) is 34.2 Å². The van der Waals surface area contributed by atoms with E-state index in [-0.39, 0.29) is 36.5 Å². The lowest BCUT2D eigenvalue weighted by Gasteiger charge is -2.44. The van der Waals surface area contributed by atoms with Crippen LogP contribution in [0.25, 0.3) is 11.1 Å². The van der Waals surface area contributed by atoms with Crippen LogP contribution in [0.2, 0.25) is 0 Å². The van der Waals surface area contributed by atoms with E-state index < -0.39 is 23.8 Å². The Balaban J connectivity index is 0.721. The molecule has 0 saturated carbocycles. The molecular weight excluding hydrogens is 925 g/mol. The highest BCUT2D eigenvalue weighted by atomic mass is 16.5. The molecule has 7 heterocycles. The fourth-order valence-electron chi connectivity index (χ4n) is 12.3. The van der Waals surface area contributed by atoms with Crippen LogP contribution >= 0.6 is 0 Å². The summed E-state index contributed by atoms with van der Waals surface area (Å²) in [5.41, 5.74) is 9.22. The molecule has 3 N–H and O–H groups in total. The molecule has 17 heteroatoms. The van der Waals surface area contributed by atoms with Crippen molar-refractivity contribution in [1.29, 1.82) is 0 Å². The quantitative estimate of drug-likeness (QED) is 0.137. The van der Waals surface area contributed by atoms with E-state index in [0.717, 1.165) is 167 Å². The zero-order valence-electron chi connectivity index (χ0n) is 42.8. The highest BCUT2D eigenvalue weighted by Crippen LogP contribution is 2.37. The van der Waals surface area contributed by atoms with Gasteiger partial charge in [0.05, 0.1) is 23.4 Å². The van der Waals surface area contributed by atoms with E-state index in [9.17, 15) is 28.8 Å². The summed E-state index contributed by atoms with van der Waals surface area (Å²) in [6.07, 6.45) is 6.20. The lowest BCUT2D eigenvalue weighted by Crippen LogP contribution is -2.58. The van der Waals surface area contributed by atoms with E-state index in [1.165, 1.54) is 5.69 Å². The number of aromatic nitrogens is 1. The number of nitrogens with one attached hydrogen (secondary N) is 3. The molecule has 17 nitrogen and oxygen atoms in total. The number of rotatable bonds is 13. The maximum atomic E-state index is 14.1. The molecule has 6 amide bonds. The molecule has 6 aliphatic heterocycles. The second-order valence-corrected chi connectivity index (χ2v) is 20.8. The second-order valence-electron chi connectivity index (χ2n) is 20.8. The van der Waals surface area contributed by atoms with Crippen LogP contribution in [0.3, 0.4) is 0 Å². The number of carbonyl (C=O) groups is 5. The molecule has 386 valence electrons. The Labute approximate surface area is 427 Å². The molecule has 0 spiro atoms. The standard InChI is InChI=1S/C56H70N10O7/c1-5-64(44-18-29-73-30-19-44)49-33-41(32-46(38(49)4)52(68)57-34-47-36(2)31-37(3)58-53(47)69)40-9-11-42(12-10-40)61-25-27-62(28-26-61)43-15-20-60(21-16-43)35-39-13-22-63(23-14-39)48-8-6-7-45-51(48)55(71)66(54(45)70)65-24-17-50(67)59-56(65)72/h6-12,31-33,39,43-44H,5,13-30,34-35H2,1-4H3,(H,57,68)(H,58,69)(H,59,67,72). The van der Waals surface area contributed by atoms with E-state index in [1.54, 1.807) is 12.1 Å². The molecule has 10 rings (SSSR count). The second kappa shape index (κ2) is 21.5. The Morgan fingerprint density at radius 1 is 0.767 bits per heavy atom. The highest BCUT2D eigenvalue weighted by Gasteiger charge is 2.45. The fourth-order valence-corrected chi connectivity index (χ4v) is 12.3. The first-order valence-electron chi connectivity index (χ1n) is 26.5. The molecule has 0 unspecified atom stereocenters. The summed E-state index contributed by atoms with van der Waals surface area (Å²) in [5.74, 6) is -1.14. The number of anilines is 3. The lowest BCUT2D eigenvalue weighted by atomic mass is 9.93. The summed E-state index contributed by atoms with van der Waals surface area (Å²) in [7, 11) is 0. The van der Waals surface area contributed by atoms with Crippen LogP contribution in [0.15, 0.2) is 65.5 Å². The first kappa shape index (κ1) is 50.0. The van der Waals surface area contributed by atoms with E-state index in [4.69, 9.17) is 4.74 Å². The Hall–Kier alpha value is -6.56. The Morgan fingerprint density at radius 3 is 2.18 bits per heavy atom. The Bertz CT molecular complexity index is 2800. The van der Waals surface area contributed by atoms with Crippen LogP contribution in [0, 0.1) is 26.7 Å². The highest BCUT2D eigenvalue weighted by molar-refractivity contribution is 6.24. The minimum atomic E-state index is -0.760. The smallest absolute Gasteiger partial charge is 0.343 e. The van der Waals surface area contributed by atoms with Crippen LogP contribution in [-0.4, -0.2) is 152 Å². The number of fused-ring (bicyclic) bond motifs is 1. The van der Waals surface area contributed by atoms with Gasteiger partial charge in [0.2, 0.25) is 5.91 Å². The Morgan fingerprint density at radius 2 is 1.49 bits per heavy atom. The molecule has 4 aromatic rings. The third kappa shape index (κ3) is 10.4. The zero-order chi connectivity index (χ0) is 50.9. The van der Waals surface area contributed by atoms with E-state index in [1.807, 2.05) is 39.0 Å². The van der Waals surface area contributed by atoms with Gasteiger partial charge in [0.15, 0.2) is 0 Å². The van der Waals surface area contributed by atoms with Gasteiger partial charge in [-0.05, 0) is 150 Å². The van der Waals surface area contributed by atoms with Crippen molar-refractivity contribution in [3.05, 3.63) is 110 Å². The molecule has 5 fully saturated rings. The van der Waals surface area contributed by atoms with Gasteiger partial charge in [0.1, 0.15) is 0 Å². The average Bonchev–Trinajstić information content (AvgIpc) is 3.65. The number of ether oxygens (including phenoxy) is 1. The van der Waals surface area contributed by atoms with E-state index in [0.29, 0.717) is 34.7 Å². The van der Waals surface area contributed by atoms with Crippen LogP contribution in [0.1, 0.15) is 105 Å². The number of urea groups is 1. The number of aromatic amines is 1. The number of hydrogen-bond acceptors (Lipinski definition) is 12. The number of benzene rings is 3. The first-order chi connectivity index (χ1) is 35.3. The molecule has 0 bridgehead atoms. The number of imide groups is 2. The SMILES string of the molecule is CCN(c1cc(-c2ccc(N3CCN(C4CCN(CC5CCN(c6cccc7c6C(=O)N(N6CCC(=O)NC6=O)C7=O)CC5)CC4)CC3)cc2)cc(C(=O)NCc2c(C)cc(C)[nH]c2=O)c1C)C1CCOCC1. The number of amides is 6. The summed E-state index contributed by atoms with van der Waals surface area (Å²) in [5, 5.41) is 7.23. The third-order valence-corrected chi connectivity index (χ3v) is 16.4. The van der Waals surface area contributed by atoms with Crippen LogP contribution in [0.5, 0.6) is 0 Å². The maximum absolute atomic E-state index is 14.1. The topological polar surface area (TPSA) is 174 Å². The number of aryl methyl sites for hydroxylation is 2. The van der Waals surface area contributed by atoms with Crippen molar-refractivity contribution in [3.8, 4) is 11.1 Å².